The number of benzene rings is 1. The van der Waals surface area contributed by atoms with Crippen molar-refractivity contribution >= 4 is 11.6 Å². The summed E-state index contributed by atoms with van der Waals surface area (Å²) in [5, 5.41) is 3.30. The highest BCUT2D eigenvalue weighted by atomic mass is 16.2. The van der Waals surface area contributed by atoms with Crippen LogP contribution in [0.5, 0.6) is 0 Å². The molecule has 1 aliphatic rings. The van der Waals surface area contributed by atoms with Crippen molar-refractivity contribution in [2.24, 2.45) is 5.92 Å². The quantitative estimate of drug-likeness (QED) is 0.902. The van der Waals surface area contributed by atoms with E-state index in [2.05, 4.69) is 36.5 Å². The first kappa shape index (κ1) is 14.1. The minimum atomic E-state index is 0.182. The Morgan fingerprint density at radius 2 is 1.89 bits per heavy atom. The average Bonchev–Trinajstić information content (AvgIpc) is 2.48. The number of piperidine rings is 1. The Morgan fingerprint density at radius 1 is 1.26 bits per heavy atom. The molecule has 0 atom stereocenters. The Hall–Kier alpha value is -1.35. The normalized spacial score (nSPS) is 16.3. The zero-order chi connectivity index (χ0) is 13.7. The van der Waals surface area contributed by atoms with Crippen LogP contribution >= 0.6 is 0 Å². The molecule has 0 unspecified atom stereocenters. The molecule has 0 spiro atoms. The summed E-state index contributed by atoms with van der Waals surface area (Å²) in [4.78, 5) is 14.2. The maximum absolute atomic E-state index is 12.4. The summed E-state index contributed by atoms with van der Waals surface area (Å²) in [6, 6.07) is 8.38. The molecule has 1 saturated heterocycles. The van der Waals surface area contributed by atoms with Crippen LogP contribution in [0.3, 0.4) is 0 Å². The molecule has 1 N–H and O–H groups in total. The number of nitrogens with zero attached hydrogens (tertiary/aromatic N) is 1. The summed E-state index contributed by atoms with van der Waals surface area (Å²) in [6.45, 7) is 4.10. The van der Waals surface area contributed by atoms with E-state index < -0.39 is 0 Å². The van der Waals surface area contributed by atoms with Crippen molar-refractivity contribution in [2.75, 3.05) is 25.0 Å². The van der Waals surface area contributed by atoms with Crippen molar-refractivity contribution in [3.63, 3.8) is 0 Å². The Labute approximate surface area is 116 Å². The van der Waals surface area contributed by atoms with Crippen molar-refractivity contribution in [1.82, 2.24) is 5.32 Å². The smallest absolute Gasteiger partial charge is 0.229 e. The van der Waals surface area contributed by atoms with Gasteiger partial charge in [0, 0.05) is 18.7 Å². The molecule has 0 radical (unpaired) electrons. The van der Waals surface area contributed by atoms with E-state index in [4.69, 9.17) is 0 Å². The summed E-state index contributed by atoms with van der Waals surface area (Å²) in [7, 11) is 1.89. The van der Waals surface area contributed by atoms with E-state index in [1.165, 1.54) is 5.56 Å². The maximum atomic E-state index is 12.4. The van der Waals surface area contributed by atoms with E-state index in [1.807, 2.05) is 11.9 Å². The van der Waals surface area contributed by atoms with Crippen LogP contribution in [-0.2, 0) is 11.2 Å². The fraction of sp³-hybridized carbons (Fsp3) is 0.562. The third kappa shape index (κ3) is 3.57. The number of carbonyl (C=O) groups is 1. The van der Waals surface area contributed by atoms with Crippen LogP contribution in [0.2, 0.25) is 0 Å². The third-order valence-electron chi connectivity index (χ3n) is 3.88. The lowest BCUT2D eigenvalue weighted by molar-refractivity contribution is -0.122. The second-order valence-corrected chi connectivity index (χ2v) is 5.34. The van der Waals surface area contributed by atoms with E-state index in [0.29, 0.717) is 0 Å². The zero-order valence-corrected chi connectivity index (χ0v) is 12.0. The summed E-state index contributed by atoms with van der Waals surface area (Å²) >= 11 is 0. The third-order valence-corrected chi connectivity index (χ3v) is 3.88. The summed E-state index contributed by atoms with van der Waals surface area (Å²) < 4.78 is 0. The predicted octanol–water partition coefficient (Wildman–Crippen LogP) is 2.60. The Balaban J connectivity index is 2.01. The standard InChI is InChI=1S/C16H24N2O/c1-3-4-13-5-7-15(8-6-13)18(2)16(19)14-9-11-17-12-10-14/h5-8,14,17H,3-4,9-12H2,1-2H3. The lowest BCUT2D eigenvalue weighted by Gasteiger charge is -2.27. The van der Waals surface area contributed by atoms with Gasteiger partial charge in [-0.15, -0.1) is 0 Å². The molecular weight excluding hydrogens is 236 g/mol. The van der Waals surface area contributed by atoms with Gasteiger partial charge in [-0.3, -0.25) is 4.79 Å². The molecule has 0 saturated carbocycles. The second kappa shape index (κ2) is 6.71. The van der Waals surface area contributed by atoms with Crippen LogP contribution in [0.4, 0.5) is 5.69 Å². The van der Waals surface area contributed by atoms with Gasteiger partial charge >= 0.3 is 0 Å². The van der Waals surface area contributed by atoms with E-state index in [0.717, 1.165) is 44.5 Å². The lowest BCUT2D eigenvalue weighted by atomic mass is 9.96. The topological polar surface area (TPSA) is 32.3 Å². The Morgan fingerprint density at radius 3 is 2.47 bits per heavy atom. The molecule has 1 amide bonds. The fourth-order valence-corrected chi connectivity index (χ4v) is 2.64. The molecule has 2 rings (SSSR count). The first-order valence-electron chi connectivity index (χ1n) is 7.29. The Bertz CT molecular complexity index is 407. The monoisotopic (exact) mass is 260 g/mol. The largest absolute Gasteiger partial charge is 0.317 e. The fourth-order valence-electron chi connectivity index (χ4n) is 2.64. The molecule has 19 heavy (non-hydrogen) atoms. The summed E-state index contributed by atoms with van der Waals surface area (Å²) in [5.41, 5.74) is 2.34. The van der Waals surface area contributed by atoms with Crippen LogP contribution < -0.4 is 10.2 Å². The molecule has 1 aromatic carbocycles. The average molecular weight is 260 g/mol. The van der Waals surface area contributed by atoms with Gasteiger partial charge in [-0.1, -0.05) is 25.5 Å². The molecule has 0 aliphatic carbocycles. The van der Waals surface area contributed by atoms with Gasteiger partial charge in [0.1, 0.15) is 0 Å². The molecule has 3 heteroatoms. The van der Waals surface area contributed by atoms with Crippen molar-refractivity contribution in [2.45, 2.75) is 32.6 Å². The van der Waals surface area contributed by atoms with E-state index in [-0.39, 0.29) is 11.8 Å². The lowest BCUT2D eigenvalue weighted by Crippen LogP contribution is -2.39. The van der Waals surface area contributed by atoms with E-state index >= 15 is 0 Å². The number of rotatable bonds is 4. The molecule has 1 heterocycles. The van der Waals surface area contributed by atoms with Gasteiger partial charge in [-0.25, -0.2) is 0 Å². The number of aryl methyl sites for hydroxylation is 1. The van der Waals surface area contributed by atoms with E-state index in [9.17, 15) is 4.79 Å². The number of nitrogens with one attached hydrogen (secondary N) is 1. The number of carbonyl (C=O) groups excluding carboxylic acids is 1. The molecule has 0 bridgehead atoms. The maximum Gasteiger partial charge on any atom is 0.229 e. The number of hydrogen-bond donors (Lipinski definition) is 1. The molecule has 0 aromatic heterocycles. The summed E-state index contributed by atoms with van der Waals surface area (Å²) in [6.07, 6.45) is 4.17. The van der Waals surface area contributed by atoms with Gasteiger partial charge in [-0.2, -0.15) is 0 Å². The molecular formula is C16H24N2O. The number of amides is 1. The van der Waals surface area contributed by atoms with Crippen LogP contribution in [0.15, 0.2) is 24.3 Å². The molecule has 1 aliphatic heterocycles. The van der Waals surface area contributed by atoms with Crippen LogP contribution in [0.25, 0.3) is 0 Å². The molecule has 1 aromatic rings. The van der Waals surface area contributed by atoms with Crippen LogP contribution in [-0.4, -0.2) is 26.0 Å². The Kier molecular flexibility index (Phi) is 4.97. The minimum absolute atomic E-state index is 0.182. The van der Waals surface area contributed by atoms with Gasteiger partial charge in [0.05, 0.1) is 0 Å². The van der Waals surface area contributed by atoms with Gasteiger partial charge in [-0.05, 0) is 50.0 Å². The number of anilines is 1. The predicted molar refractivity (Wildman–Crippen MR) is 79.4 cm³/mol. The van der Waals surface area contributed by atoms with Crippen LogP contribution in [0, 0.1) is 5.92 Å². The SMILES string of the molecule is CCCc1ccc(N(C)C(=O)C2CCNCC2)cc1. The molecule has 1 fully saturated rings. The van der Waals surface area contributed by atoms with Crippen LogP contribution in [0.1, 0.15) is 31.7 Å². The summed E-state index contributed by atoms with van der Waals surface area (Å²) in [5.74, 6) is 0.436. The minimum Gasteiger partial charge on any atom is -0.317 e. The van der Waals surface area contributed by atoms with Gasteiger partial charge in [0.15, 0.2) is 0 Å². The first-order valence-corrected chi connectivity index (χ1v) is 7.29. The van der Waals surface area contributed by atoms with Gasteiger partial charge in [0.25, 0.3) is 0 Å². The second-order valence-electron chi connectivity index (χ2n) is 5.34. The number of hydrogen-bond acceptors (Lipinski definition) is 2. The van der Waals surface area contributed by atoms with Crippen molar-refractivity contribution in [3.8, 4) is 0 Å². The van der Waals surface area contributed by atoms with Gasteiger partial charge in [0.2, 0.25) is 5.91 Å². The highest BCUT2D eigenvalue weighted by molar-refractivity contribution is 5.94. The van der Waals surface area contributed by atoms with Crippen molar-refractivity contribution < 1.29 is 4.79 Å². The van der Waals surface area contributed by atoms with Crippen molar-refractivity contribution in [3.05, 3.63) is 29.8 Å². The first-order chi connectivity index (χ1) is 9.22. The van der Waals surface area contributed by atoms with Gasteiger partial charge < -0.3 is 10.2 Å². The molecule has 104 valence electrons. The van der Waals surface area contributed by atoms with E-state index in [1.54, 1.807) is 0 Å². The highest BCUT2D eigenvalue weighted by Gasteiger charge is 2.24. The zero-order valence-electron chi connectivity index (χ0n) is 12.0. The highest BCUT2D eigenvalue weighted by Crippen LogP contribution is 2.20. The van der Waals surface area contributed by atoms with Crippen molar-refractivity contribution in [1.29, 1.82) is 0 Å². The molecule has 3 nitrogen and oxygen atoms in total.